The van der Waals surface area contributed by atoms with Crippen molar-refractivity contribution in [2.75, 3.05) is 12.3 Å². The molecule has 1 atom stereocenters. The van der Waals surface area contributed by atoms with Crippen molar-refractivity contribution in [3.63, 3.8) is 0 Å². The summed E-state index contributed by atoms with van der Waals surface area (Å²) in [6.07, 6.45) is 2.10. The highest BCUT2D eigenvalue weighted by molar-refractivity contribution is 5.81. The highest BCUT2D eigenvalue weighted by Gasteiger charge is 2.27. The van der Waals surface area contributed by atoms with Crippen LogP contribution >= 0.6 is 0 Å². The lowest BCUT2D eigenvalue weighted by atomic mass is 10.1. The second kappa shape index (κ2) is 4.66. The van der Waals surface area contributed by atoms with E-state index in [2.05, 4.69) is 4.90 Å². The molecule has 0 spiro atoms. The number of carbonyl (C=O) groups excluding carboxylic acids is 1. The van der Waals surface area contributed by atoms with Gasteiger partial charge in [0.25, 0.3) is 0 Å². The summed E-state index contributed by atoms with van der Waals surface area (Å²) in [6.45, 7) is 3.47. The van der Waals surface area contributed by atoms with Gasteiger partial charge in [-0.25, -0.2) is 0 Å². The fraction of sp³-hybridized carbons (Fsp3) is 0.462. The summed E-state index contributed by atoms with van der Waals surface area (Å²) in [6, 6.07) is 7.97. The Balaban J connectivity index is 2.10. The number of rotatable bonds is 3. The number of benzene rings is 1. The van der Waals surface area contributed by atoms with Crippen molar-refractivity contribution in [1.29, 1.82) is 0 Å². The average Bonchev–Trinajstić information content (AvgIpc) is 2.69. The molecule has 0 saturated carbocycles. The topological polar surface area (TPSA) is 46.3 Å². The van der Waals surface area contributed by atoms with Gasteiger partial charge < -0.3 is 5.73 Å². The van der Waals surface area contributed by atoms with Crippen LogP contribution in [0.25, 0.3) is 0 Å². The van der Waals surface area contributed by atoms with E-state index in [4.69, 9.17) is 5.73 Å². The summed E-state index contributed by atoms with van der Waals surface area (Å²) in [5.74, 6) is 0.270. The zero-order valence-electron chi connectivity index (χ0n) is 9.65. The van der Waals surface area contributed by atoms with E-state index in [9.17, 15) is 4.79 Å². The Labute approximate surface area is 96.2 Å². The van der Waals surface area contributed by atoms with E-state index in [0.29, 0.717) is 0 Å². The third-order valence-corrected chi connectivity index (χ3v) is 3.26. The summed E-state index contributed by atoms with van der Waals surface area (Å²) in [5.41, 5.74) is 7.85. The summed E-state index contributed by atoms with van der Waals surface area (Å²) in [5, 5.41) is 0. The second-order valence-electron chi connectivity index (χ2n) is 4.44. The number of nitrogen functional groups attached to an aromatic ring is 1. The summed E-state index contributed by atoms with van der Waals surface area (Å²) < 4.78 is 0. The minimum absolute atomic E-state index is 0.0969. The maximum atomic E-state index is 11.5. The van der Waals surface area contributed by atoms with Gasteiger partial charge in [0.15, 0.2) is 0 Å². The van der Waals surface area contributed by atoms with E-state index in [1.54, 1.807) is 6.92 Å². The van der Waals surface area contributed by atoms with Crippen LogP contribution in [0.4, 0.5) is 5.69 Å². The first-order chi connectivity index (χ1) is 7.68. The van der Waals surface area contributed by atoms with Crippen molar-refractivity contribution in [2.45, 2.75) is 32.4 Å². The van der Waals surface area contributed by atoms with Crippen molar-refractivity contribution < 1.29 is 4.79 Å². The van der Waals surface area contributed by atoms with Crippen LogP contribution in [0.5, 0.6) is 0 Å². The first-order valence-corrected chi connectivity index (χ1v) is 5.76. The Morgan fingerprint density at radius 1 is 1.50 bits per heavy atom. The molecule has 0 radical (unpaired) electrons. The smallest absolute Gasteiger partial charge is 0.146 e. The van der Waals surface area contributed by atoms with Crippen LogP contribution in [0, 0.1) is 0 Å². The molecule has 1 unspecified atom stereocenters. The number of likely N-dealkylation sites (tertiary alicyclic amines) is 1. The van der Waals surface area contributed by atoms with Crippen molar-refractivity contribution in [2.24, 2.45) is 0 Å². The van der Waals surface area contributed by atoms with Crippen LogP contribution in [-0.2, 0) is 11.3 Å². The molecule has 0 aromatic heterocycles. The molecule has 1 aliphatic rings. The molecule has 1 aromatic carbocycles. The quantitative estimate of drug-likeness (QED) is 0.787. The number of para-hydroxylation sites is 1. The number of nitrogens with two attached hydrogens (primary N) is 1. The minimum Gasteiger partial charge on any atom is -0.398 e. The van der Waals surface area contributed by atoms with Gasteiger partial charge >= 0.3 is 0 Å². The largest absolute Gasteiger partial charge is 0.398 e. The van der Waals surface area contributed by atoms with Gasteiger partial charge in [-0.15, -0.1) is 0 Å². The number of anilines is 1. The number of nitrogens with zero attached hydrogens (tertiary/aromatic N) is 1. The fourth-order valence-electron chi connectivity index (χ4n) is 2.37. The predicted octanol–water partition coefficient (Wildman–Crippen LogP) is 1.82. The van der Waals surface area contributed by atoms with E-state index < -0.39 is 0 Å². The molecule has 1 fully saturated rings. The molecule has 2 N–H and O–H groups in total. The van der Waals surface area contributed by atoms with E-state index >= 15 is 0 Å². The normalized spacial score (nSPS) is 21.2. The summed E-state index contributed by atoms with van der Waals surface area (Å²) >= 11 is 0. The molecule has 1 aliphatic heterocycles. The zero-order chi connectivity index (χ0) is 11.5. The maximum absolute atomic E-state index is 11.5. The molecule has 86 valence electrons. The molecule has 0 amide bonds. The lowest BCUT2D eigenvalue weighted by Gasteiger charge is -2.22. The van der Waals surface area contributed by atoms with E-state index in [-0.39, 0.29) is 11.8 Å². The van der Waals surface area contributed by atoms with Crippen molar-refractivity contribution in [3.05, 3.63) is 29.8 Å². The van der Waals surface area contributed by atoms with E-state index in [1.165, 1.54) is 0 Å². The lowest BCUT2D eigenvalue weighted by Crippen LogP contribution is -2.34. The molecule has 16 heavy (non-hydrogen) atoms. The highest BCUT2D eigenvalue weighted by Crippen LogP contribution is 2.22. The SMILES string of the molecule is CC(=O)C1CCCN1Cc1ccccc1N. The molecule has 2 rings (SSSR count). The first kappa shape index (κ1) is 11.1. The van der Waals surface area contributed by atoms with Gasteiger partial charge in [0.05, 0.1) is 6.04 Å². The Kier molecular flexibility index (Phi) is 3.25. The zero-order valence-corrected chi connectivity index (χ0v) is 9.65. The van der Waals surface area contributed by atoms with Crippen LogP contribution in [0.2, 0.25) is 0 Å². The molecule has 0 bridgehead atoms. The number of Topliss-reactive ketones (excluding diaryl/α,β-unsaturated/α-hetero) is 1. The second-order valence-corrected chi connectivity index (χ2v) is 4.44. The molecular weight excluding hydrogens is 200 g/mol. The van der Waals surface area contributed by atoms with Crippen molar-refractivity contribution in [1.82, 2.24) is 4.90 Å². The summed E-state index contributed by atoms with van der Waals surface area (Å²) in [7, 11) is 0. The Morgan fingerprint density at radius 2 is 2.25 bits per heavy atom. The van der Waals surface area contributed by atoms with Crippen molar-refractivity contribution in [3.8, 4) is 0 Å². The number of hydrogen-bond donors (Lipinski definition) is 1. The van der Waals surface area contributed by atoms with Gasteiger partial charge in [0.1, 0.15) is 5.78 Å². The third kappa shape index (κ3) is 2.25. The Morgan fingerprint density at radius 3 is 2.94 bits per heavy atom. The molecule has 1 heterocycles. The minimum atomic E-state index is 0.0969. The fourth-order valence-corrected chi connectivity index (χ4v) is 2.37. The highest BCUT2D eigenvalue weighted by atomic mass is 16.1. The monoisotopic (exact) mass is 218 g/mol. The van der Waals surface area contributed by atoms with Crippen LogP contribution < -0.4 is 5.73 Å². The third-order valence-electron chi connectivity index (χ3n) is 3.26. The van der Waals surface area contributed by atoms with Crippen molar-refractivity contribution >= 4 is 11.5 Å². The van der Waals surface area contributed by atoms with E-state index in [0.717, 1.165) is 37.2 Å². The Bertz CT molecular complexity index is 389. The molecule has 3 nitrogen and oxygen atoms in total. The molecule has 1 saturated heterocycles. The van der Waals surface area contributed by atoms with Gasteiger partial charge in [-0.3, -0.25) is 9.69 Å². The Hall–Kier alpha value is -1.35. The number of hydrogen-bond acceptors (Lipinski definition) is 3. The standard InChI is InChI=1S/C13H18N2O/c1-10(16)13-7-4-8-15(13)9-11-5-2-3-6-12(11)14/h2-3,5-6,13H,4,7-9,14H2,1H3. The first-order valence-electron chi connectivity index (χ1n) is 5.76. The van der Waals surface area contributed by atoms with Crippen LogP contribution in [-0.4, -0.2) is 23.3 Å². The van der Waals surface area contributed by atoms with Crippen LogP contribution in [0.3, 0.4) is 0 Å². The van der Waals surface area contributed by atoms with Gasteiger partial charge in [-0.05, 0) is 37.9 Å². The molecule has 1 aromatic rings. The summed E-state index contributed by atoms with van der Waals surface area (Å²) in [4.78, 5) is 13.7. The molecule has 0 aliphatic carbocycles. The molecular formula is C13H18N2O. The predicted molar refractivity (Wildman–Crippen MR) is 65.0 cm³/mol. The molecule has 3 heteroatoms. The number of carbonyl (C=O) groups is 1. The lowest BCUT2D eigenvalue weighted by molar-refractivity contribution is -0.121. The van der Waals surface area contributed by atoms with Gasteiger partial charge in [-0.2, -0.15) is 0 Å². The number of ketones is 1. The maximum Gasteiger partial charge on any atom is 0.146 e. The van der Waals surface area contributed by atoms with Gasteiger partial charge in [-0.1, -0.05) is 18.2 Å². The van der Waals surface area contributed by atoms with Crippen LogP contribution in [0.15, 0.2) is 24.3 Å². The van der Waals surface area contributed by atoms with Gasteiger partial charge in [0.2, 0.25) is 0 Å². The van der Waals surface area contributed by atoms with Crippen LogP contribution in [0.1, 0.15) is 25.3 Å². The van der Waals surface area contributed by atoms with E-state index in [1.807, 2.05) is 24.3 Å². The van der Waals surface area contributed by atoms with Gasteiger partial charge in [0, 0.05) is 12.2 Å². The average molecular weight is 218 g/mol.